The molecule has 17 heavy (non-hydrogen) atoms. The molecule has 1 atom stereocenters. The molecule has 0 aliphatic heterocycles. The van der Waals surface area contributed by atoms with Crippen molar-refractivity contribution in [2.75, 3.05) is 44.6 Å². The molecule has 0 radical (unpaired) electrons. The van der Waals surface area contributed by atoms with Crippen LogP contribution in [-0.2, 0) is 9.47 Å². The van der Waals surface area contributed by atoms with E-state index < -0.39 is 0 Å². The normalized spacial score (nSPS) is 12.4. The third-order valence-corrected chi connectivity index (χ3v) is 2.70. The SMILES string of the molecule is COCCN(c1ccc(N)cc1)C(C)COC. The monoisotopic (exact) mass is 238 g/mol. The predicted octanol–water partition coefficient (Wildman–Crippen LogP) is 1.76. The van der Waals surface area contributed by atoms with Crippen LogP contribution >= 0.6 is 0 Å². The van der Waals surface area contributed by atoms with Gasteiger partial charge >= 0.3 is 0 Å². The summed E-state index contributed by atoms with van der Waals surface area (Å²) in [5.74, 6) is 0. The lowest BCUT2D eigenvalue weighted by Crippen LogP contribution is -2.38. The molecule has 0 fully saturated rings. The van der Waals surface area contributed by atoms with Crippen LogP contribution in [0, 0.1) is 0 Å². The second-order valence-electron chi connectivity index (χ2n) is 4.08. The molecule has 1 rings (SSSR count). The van der Waals surface area contributed by atoms with Gasteiger partial charge in [0.2, 0.25) is 0 Å². The van der Waals surface area contributed by atoms with E-state index in [0.717, 1.165) is 17.9 Å². The van der Waals surface area contributed by atoms with Crippen molar-refractivity contribution in [3.05, 3.63) is 24.3 Å². The average Bonchev–Trinajstić information content (AvgIpc) is 2.32. The van der Waals surface area contributed by atoms with Crippen molar-refractivity contribution in [3.8, 4) is 0 Å². The first-order valence-corrected chi connectivity index (χ1v) is 5.79. The number of hydrogen-bond donors (Lipinski definition) is 1. The van der Waals surface area contributed by atoms with Crippen LogP contribution in [0.5, 0.6) is 0 Å². The zero-order chi connectivity index (χ0) is 12.7. The van der Waals surface area contributed by atoms with E-state index in [1.165, 1.54) is 0 Å². The standard InChI is InChI=1S/C13H22N2O2/c1-11(10-17-3)15(8-9-16-2)13-6-4-12(14)5-7-13/h4-7,11H,8-10,14H2,1-3H3. The minimum absolute atomic E-state index is 0.304. The van der Waals surface area contributed by atoms with Crippen molar-refractivity contribution in [1.82, 2.24) is 0 Å². The lowest BCUT2D eigenvalue weighted by atomic mass is 10.2. The number of nitrogens with two attached hydrogens (primary N) is 1. The molecule has 0 saturated heterocycles. The van der Waals surface area contributed by atoms with E-state index in [0.29, 0.717) is 19.3 Å². The fourth-order valence-electron chi connectivity index (χ4n) is 1.79. The Labute approximate surface area is 103 Å². The smallest absolute Gasteiger partial charge is 0.0663 e. The highest BCUT2D eigenvalue weighted by Crippen LogP contribution is 2.18. The van der Waals surface area contributed by atoms with Gasteiger partial charge in [-0.1, -0.05) is 0 Å². The first-order chi connectivity index (χ1) is 8.19. The van der Waals surface area contributed by atoms with Gasteiger partial charge in [0.25, 0.3) is 0 Å². The van der Waals surface area contributed by atoms with Gasteiger partial charge in [0, 0.05) is 38.2 Å². The molecule has 1 aromatic rings. The van der Waals surface area contributed by atoms with Crippen LogP contribution in [0.2, 0.25) is 0 Å². The Kier molecular flexibility index (Phi) is 5.80. The van der Waals surface area contributed by atoms with Gasteiger partial charge in [-0.15, -0.1) is 0 Å². The summed E-state index contributed by atoms with van der Waals surface area (Å²) in [6.07, 6.45) is 0. The molecule has 0 heterocycles. The quantitative estimate of drug-likeness (QED) is 0.735. The Morgan fingerprint density at radius 3 is 2.35 bits per heavy atom. The maximum Gasteiger partial charge on any atom is 0.0663 e. The van der Waals surface area contributed by atoms with E-state index in [2.05, 4.69) is 11.8 Å². The number of nitrogen functional groups attached to an aromatic ring is 1. The van der Waals surface area contributed by atoms with Crippen molar-refractivity contribution in [2.45, 2.75) is 13.0 Å². The van der Waals surface area contributed by atoms with Gasteiger partial charge in [-0.25, -0.2) is 0 Å². The van der Waals surface area contributed by atoms with E-state index in [4.69, 9.17) is 15.2 Å². The summed E-state index contributed by atoms with van der Waals surface area (Å²) in [5, 5.41) is 0. The van der Waals surface area contributed by atoms with Gasteiger partial charge in [-0.05, 0) is 31.2 Å². The van der Waals surface area contributed by atoms with Crippen molar-refractivity contribution < 1.29 is 9.47 Å². The van der Waals surface area contributed by atoms with E-state index >= 15 is 0 Å². The highest BCUT2D eigenvalue weighted by atomic mass is 16.5. The fourth-order valence-corrected chi connectivity index (χ4v) is 1.79. The topological polar surface area (TPSA) is 47.7 Å². The van der Waals surface area contributed by atoms with Crippen LogP contribution in [0.1, 0.15) is 6.92 Å². The largest absolute Gasteiger partial charge is 0.399 e. The molecule has 0 spiro atoms. The summed E-state index contributed by atoms with van der Waals surface area (Å²) in [6, 6.07) is 8.18. The molecule has 0 bridgehead atoms. The van der Waals surface area contributed by atoms with E-state index in [9.17, 15) is 0 Å². The first kappa shape index (κ1) is 13.8. The number of benzene rings is 1. The molecule has 0 aliphatic rings. The average molecular weight is 238 g/mol. The first-order valence-electron chi connectivity index (χ1n) is 5.79. The Balaban J connectivity index is 2.77. The molecular weight excluding hydrogens is 216 g/mol. The summed E-state index contributed by atoms with van der Waals surface area (Å²) < 4.78 is 10.3. The van der Waals surface area contributed by atoms with Gasteiger partial charge in [0.1, 0.15) is 0 Å². The lowest BCUT2D eigenvalue weighted by Gasteiger charge is -2.30. The van der Waals surface area contributed by atoms with Gasteiger partial charge < -0.3 is 20.1 Å². The second kappa shape index (κ2) is 7.14. The zero-order valence-corrected chi connectivity index (χ0v) is 10.8. The van der Waals surface area contributed by atoms with Crippen LogP contribution in [-0.4, -0.2) is 40.0 Å². The zero-order valence-electron chi connectivity index (χ0n) is 10.8. The fraction of sp³-hybridized carbons (Fsp3) is 0.538. The summed E-state index contributed by atoms with van der Waals surface area (Å²) in [4.78, 5) is 2.26. The summed E-state index contributed by atoms with van der Waals surface area (Å²) in [5.41, 5.74) is 7.61. The molecule has 1 aromatic carbocycles. The van der Waals surface area contributed by atoms with E-state index in [1.54, 1.807) is 14.2 Å². The van der Waals surface area contributed by atoms with Gasteiger partial charge in [-0.2, -0.15) is 0 Å². The summed E-state index contributed by atoms with van der Waals surface area (Å²) >= 11 is 0. The highest BCUT2D eigenvalue weighted by Gasteiger charge is 2.13. The predicted molar refractivity (Wildman–Crippen MR) is 71.4 cm³/mol. The van der Waals surface area contributed by atoms with Crippen LogP contribution in [0.15, 0.2) is 24.3 Å². The van der Waals surface area contributed by atoms with E-state index in [1.807, 2.05) is 24.3 Å². The number of ether oxygens (including phenoxy) is 2. The van der Waals surface area contributed by atoms with Crippen molar-refractivity contribution in [2.24, 2.45) is 0 Å². The molecule has 0 aliphatic carbocycles. The second-order valence-corrected chi connectivity index (χ2v) is 4.08. The van der Waals surface area contributed by atoms with Crippen LogP contribution in [0.4, 0.5) is 11.4 Å². The molecule has 2 N–H and O–H groups in total. The van der Waals surface area contributed by atoms with Crippen molar-refractivity contribution in [1.29, 1.82) is 0 Å². The third-order valence-electron chi connectivity index (χ3n) is 2.70. The Bertz CT molecular complexity index is 314. The Hall–Kier alpha value is -1.26. The number of methoxy groups -OCH3 is 2. The molecule has 0 saturated carbocycles. The van der Waals surface area contributed by atoms with Gasteiger partial charge in [0.05, 0.1) is 13.2 Å². The molecule has 96 valence electrons. The number of hydrogen-bond acceptors (Lipinski definition) is 4. The maximum absolute atomic E-state index is 5.69. The maximum atomic E-state index is 5.69. The molecule has 4 nitrogen and oxygen atoms in total. The minimum atomic E-state index is 0.304. The van der Waals surface area contributed by atoms with Gasteiger partial charge in [-0.3, -0.25) is 0 Å². The van der Waals surface area contributed by atoms with Crippen molar-refractivity contribution >= 4 is 11.4 Å². The van der Waals surface area contributed by atoms with E-state index in [-0.39, 0.29) is 0 Å². The lowest BCUT2D eigenvalue weighted by molar-refractivity contribution is 0.171. The number of rotatable bonds is 7. The minimum Gasteiger partial charge on any atom is -0.399 e. The molecular formula is C13H22N2O2. The van der Waals surface area contributed by atoms with Crippen LogP contribution < -0.4 is 10.6 Å². The summed E-state index contributed by atoms with van der Waals surface area (Å²) in [7, 11) is 3.43. The Morgan fingerprint density at radius 1 is 1.18 bits per heavy atom. The number of anilines is 2. The molecule has 1 unspecified atom stereocenters. The Morgan fingerprint density at radius 2 is 1.82 bits per heavy atom. The summed E-state index contributed by atoms with van der Waals surface area (Å²) in [6.45, 7) is 4.35. The molecule has 4 heteroatoms. The van der Waals surface area contributed by atoms with Crippen molar-refractivity contribution in [3.63, 3.8) is 0 Å². The highest BCUT2D eigenvalue weighted by molar-refractivity contribution is 5.53. The van der Waals surface area contributed by atoms with Crippen LogP contribution in [0.25, 0.3) is 0 Å². The molecule has 0 aromatic heterocycles. The van der Waals surface area contributed by atoms with Gasteiger partial charge in [0.15, 0.2) is 0 Å². The third kappa shape index (κ3) is 4.24. The number of nitrogens with zero attached hydrogens (tertiary/aromatic N) is 1. The molecule has 0 amide bonds. The van der Waals surface area contributed by atoms with Crippen LogP contribution in [0.3, 0.4) is 0 Å².